The molecule has 7 heteroatoms. The number of aliphatic carboxylic acids is 1. The second-order valence-corrected chi connectivity index (χ2v) is 7.07. The van der Waals surface area contributed by atoms with Gasteiger partial charge in [-0.1, -0.05) is 55.3 Å². The number of halogens is 2. The SMILES string of the molecule is O=C(O)CCCCCCN1C(=O)CC[C@@H]1/C=C/[C@H](O)C(F)(F)c1ccccc1. The van der Waals surface area contributed by atoms with Crippen molar-refractivity contribution in [3.63, 3.8) is 0 Å². The van der Waals surface area contributed by atoms with E-state index in [-0.39, 0.29) is 23.9 Å². The molecule has 0 bridgehead atoms. The average molecular weight is 395 g/mol. The van der Waals surface area contributed by atoms with E-state index in [0.29, 0.717) is 25.8 Å². The van der Waals surface area contributed by atoms with E-state index in [1.807, 2.05) is 0 Å². The fraction of sp³-hybridized carbons (Fsp3) is 0.524. The van der Waals surface area contributed by atoms with E-state index >= 15 is 0 Å². The van der Waals surface area contributed by atoms with Gasteiger partial charge in [-0.2, -0.15) is 8.78 Å². The Bertz CT molecular complexity index is 678. The summed E-state index contributed by atoms with van der Waals surface area (Å²) in [6.45, 7) is 0.506. The number of nitrogens with zero attached hydrogens (tertiary/aromatic N) is 1. The maximum atomic E-state index is 14.4. The average Bonchev–Trinajstić information content (AvgIpc) is 3.02. The third-order valence-corrected chi connectivity index (χ3v) is 4.96. The molecule has 154 valence electrons. The summed E-state index contributed by atoms with van der Waals surface area (Å²) in [6, 6.07) is 6.86. The molecule has 2 rings (SSSR count). The number of carboxylic acids is 1. The van der Waals surface area contributed by atoms with E-state index in [4.69, 9.17) is 5.11 Å². The minimum absolute atomic E-state index is 0.0236. The highest BCUT2D eigenvalue weighted by Gasteiger charge is 2.39. The van der Waals surface area contributed by atoms with Gasteiger partial charge in [-0.05, 0) is 19.3 Å². The van der Waals surface area contributed by atoms with Gasteiger partial charge in [-0.25, -0.2) is 0 Å². The number of rotatable bonds is 11. The van der Waals surface area contributed by atoms with Crippen molar-refractivity contribution in [2.75, 3.05) is 6.54 Å². The van der Waals surface area contributed by atoms with E-state index in [1.54, 1.807) is 11.0 Å². The Morgan fingerprint density at radius 3 is 2.57 bits per heavy atom. The van der Waals surface area contributed by atoms with E-state index in [1.165, 1.54) is 30.3 Å². The zero-order valence-electron chi connectivity index (χ0n) is 15.8. The van der Waals surface area contributed by atoms with Crippen molar-refractivity contribution in [1.29, 1.82) is 0 Å². The largest absolute Gasteiger partial charge is 0.481 e. The Morgan fingerprint density at radius 1 is 1.21 bits per heavy atom. The van der Waals surface area contributed by atoms with Crippen LogP contribution in [0.15, 0.2) is 42.5 Å². The molecule has 1 aliphatic heterocycles. The summed E-state index contributed by atoms with van der Waals surface area (Å²) in [7, 11) is 0. The van der Waals surface area contributed by atoms with Gasteiger partial charge in [0.25, 0.3) is 0 Å². The summed E-state index contributed by atoms with van der Waals surface area (Å²) < 4.78 is 28.7. The predicted molar refractivity (Wildman–Crippen MR) is 101 cm³/mol. The number of hydrogen-bond acceptors (Lipinski definition) is 3. The van der Waals surface area contributed by atoms with Gasteiger partial charge in [0.2, 0.25) is 5.91 Å². The quantitative estimate of drug-likeness (QED) is 0.442. The number of hydrogen-bond donors (Lipinski definition) is 2. The molecule has 0 saturated carbocycles. The van der Waals surface area contributed by atoms with Gasteiger partial charge in [0.05, 0.1) is 6.04 Å². The van der Waals surface area contributed by atoms with Gasteiger partial charge in [-0.15, -0.1) is 0 Å². The molecule has 1 amide bonds. The third kappa shape index (κ3) is 6.12. The zero-order chi connectivity index (χ0) is 20.6. The van der Waals surface area contributed by atoms with Crippen LogP contribution in [0.5, 0.6) is 0 Å². The van der Waals surface area contributed by atoms with Gasteiger partial charge in [-0.3, -0.25) is 9.59 Å². The lowest BCUT2D eigenvalue weighted by Gasteiger charge is -2.24. The first kappa shape index (κ1) is 22.0. The monoisotopic (exact) mass is 395 g/mol. The first-order valence-electron chi connectivity index (χ1n) is 9.63. The van der Waals surface area contributed by atoms with Crippen molar-refractivity contribution in [1.82, 2.24) is 4.90 Å². The van der Waals surface area contributed by atoms with Crippen LogP contribution in [0, 0.1) is 0 Å². The number of benzene rings is 1. The highest BCUT2D eigenvalue weighted by molar-refractivity contribution is 5.79. The topological polar surface area (TPSA) is 77.8 Å². The fourth-order valence-corrected chi connectivity index (χ4v) is 3.34. The lowest BCUT2D eigenvalue weighted by molar-refractivity contribution is -0.137. The summed E-state index contributed by atoms with van der Waals surface area (Å²) in [5.74, 6) is -4.25. The number of amides is 1. The van der Waals surface area contributed by atoms with E-state index in [9.17, 15) is 23.5 Å². The van der Waals surface area contributed by atoms with E-state index < -0.39 is 18.0 Å². The number of aliphatic hydroxyl groups excluding tert-OH is 1. The lowest BCUT2D eigenvalue weighted by atomic mass is 10.0. The molecule has 1 aromatic rings. The molecule has 1 saturated heterocycles. The molecule has 1 aromatic carbocycles. The minimum Gasteiger partial charge on any atom is -0.481 e. The van der Waals surface area contributed by atoms with Crippen LogP contribution in [0.4, 0.5) is 8.78 Å². The molecule has 0 radical (unpaired) electrons. The van der Waals surface area contributed by atoms with E-state index in [0.717, 1.165) is 25.3 Å². The molecule has 0 unspecified atom stereocenters. The van der Waals surface area contributed by atoms with Crippen LogP contribution in [0.25, 0.3) is 0 Å². The number of likely N-dealkylation sites (tertiary alicyclic amines) is 1. The highest BCUT2D eigenvalue weighted by atomic mass is 19.3. The second kappa shape index (κ2) is 10.3. The first-order chi connectivity index (χ1) is 13.3. The standard InChI is InChI=1S/C21H27F2NO4/c22-21(23,16-8-4-3-5-9-16)18(25)13-11-17-12-14-19(26)24(17)15-7-2-1-6-10-20(27)28/h3-5,8-9,11,13,17-18,25H,1-2,6-7,10,12,14-15H2,(H,27,28)/b13-11+/t17-,18-/m0/s1. The van der Waals surface area contributed by atoms with Gasteiger partial charge in [0.1, 0.15) is 6.10 Å². The van der Waals surface area contributed by atoms with E-state index in [2.05, 4.69) is 0 Å². The van der Waals surface area contributed by atoms with Crippen LogP contribution in [-0.2, 0) is 15.5 Å². The normalized spacial score (nSPS) is 18.8. The molecule has 1 aliphatic rings. The lowest BCUT2D eigenvalue weighted by Crippen LogP contribution is -2.34. The summed E-state index contributed by atoms with van der Waals surface area (Å²) in [6.07, 6.45) is 4.57. The number of carboxylic acid groups (broad SMARTS) is 1. The number of carbonyl (C=O) groups is 2. The molecular weight excluding hydrogens is 368 g/mol. The first-order valence-corrected chi connectivity index (χ1v) is 9.63. The van der Waals surface area contributed by atoms with Crippen molar-refractivity contribution in [2.24, 2.45) is 0 Å². The molecule has 2 atom stereocenters. The Hall–Kier alpha value is -2.28. The van der Waals surface area contributed by atoms with Crippen LogP contribution < -0.4 is 0 Å². The Morgan fingerprint density at radius 2 is 1.89 bits per heavy atom. The number of carbonyl (C=O) groups excluding carboxylic acids is 1. The molecule has 0 spiro atoms. The van der Waals surface area contributed by atoms with Crippen molar-refractivity contribution in [3.05, 3.63) is 48.0 Å². The molecule has 2 N–H and O–H groups in total. The molecular formula is C21H27F2NO4. The van der Waals surface area contributed by atoms with Gasteiger partial charge in [0, 0.05) is 24.9 Å². The van der Waals surface area contributed by atoms with Crippen molar-refractivity contribution in [2.45, 2.75) is 63.0 Å². The maximum absolute atomic E-state index is 14.4. The summed E-state index contributed by atoms with van der Waals surface area (Å²) in [5, 5.41) is 18.6. The second-order valence-electron chi connectivity index (χ2n) is 7.07. The molecule has 28 heavy (non-hydrogen) atoms. The molecule has 0 aromatic heterocycles. The van der Waals surface area contributed by atoms with Crippen LogP contribution in [0.1, 0.15) is 50.5 Å². The van der Waals surface area contributed by atoms with Gasteiger partial charge >= 0.3 is 11.9 Å². The van der Waals surface area contributed by atoms with Gasteiger partial charge in [0.15, 0.2) is 0 Å². The summed E-state index contributed by atoms with van der Waals surface area (Å²) >= 11 is 0. The molecule has 1 fully saturated rings. The van der Waals surface area contributed by atoms with Crippen molar-refractivity contribution in [3.8, 4) is 0 Å². The van der Waals surface area contributed by atoms with Crippen molar-refractivity contribution < 1.29 is 28.6 Å². The number of unbranched alkanes of at least 4 members (excludes halogenated alkanes) is 3. The Kier molecular flexibility index (Phi) is 8.11. The number of aliphatic hydroxyl groups is 1. The highest BCUT2D eigenvalue weighted by Crippen LogP contribution is 2.32. The zero-order valence-corrected chi connectivity index (χ0v) is 15.8. The fourth-order valence-electron chi connectivity index (χ4n) is 3.34. The van der Waals surface area contributed by atoms with Crippen LogP contribution in [0.2, 0.25) is 0 Å². The van der Waals surface area contributed by atoms with Crippen LogP contribution >= 0.6 is 0 Å². The predicted octanol–water partition coefficient (Wildman–Crippen LogP) is 3.72. The van der Waals surface area contributed by atoms with Crippen LogP contribution in [-0.4, -0.2) is 45.7 Å². The molecule has 0 aliphatic carbocycles. The minimum atomic E-state index is -3.41. The Labute approximate surface area is 163 Å². The van der Waals surface area contributed by atoms with Crippen molar-refractivity contribution >= 4 is 11.9 Å². The smallest absolute Gasteiger partial charge is 0.303 e. The van der Waals surface area contributed by atoms with Crippen LogP contribution in [0.3, 0.4) is 0 Å². The summed E-state index contributed by atoms with van der Waals surface area (Å²) in [5.41, 5.74) is -0.257. The van der Waals surface area contributed by atoms with Gasteiger partial charge < -0.3 is 15.1 Å². The Balaban J connectivity index is 1.87. The molecule has 1 heterocycles. The maximum Gasteiger partial charge on any atom is 0.303 e. The number of alkyl halides is 2. The summed E-state index contributed by atoms with van der Waals surface area (Å²) in [4.78, 5) is 24.2. The third-order valence-electron chi connectivity index (χ3n) is 4.96. The molecule has 5 nitrogen and oxygen atoms in total.